The van der Waals surface area contributed by atoms with Gasteiger partial charge in [0.25, 0.3) is 5.69 Å². The van der Waals surface area contributed by atoms with Crippen LogP contribution in [-0.4, -0.2) is 16.3 Å². The number of nitro benzene ring substituents is 1. The summed E-state index contributed by atoms with van der Waals surface area (Å²) in [7, 11) is 0. The zero-order valence-corrected chi connectivity index (χ0v) is 8.01. The molecule has 15 heavy (non-hydrogen) atoms. The average molecular weight is 207 g/mol. The fourth-order valence-corrected chi connectivity index (χ4v) is 1.16. The summed E-state index contributed by atoms with van der Waals surface area (Å²) in [4.78, 5) is 20.1. The first kappa shape index (κ1) is 10.9. The number of aryl methyl sites for hydroxylation is 1. The molecule has 1 aromatic rings. The summed E-state index contributed by atoms with van der Waals surface area (Å²) in [6, 6.07) is 2.48. The van der Waals surface area contributed by atoms with Gasteiger partial charge in [-0.1, -0.05) is 0 Å². The first-order valence-electron chi connectivity index (χ1n) is 4.16. The Kier molecular flexibility index (Phi) is 3.17. The van der Waals surface area contributed by atoms with Crippen molar-refractivity contribution in [3.8, 4) is 5.75 Å². The van der Waals surface area contributed by atoms with Gasteiger partial charge in [0.1, 0.15) is 12.0 Å². The molecule has 0 atom stereocenters. The van der Waals surface area contributed by atoms with Gasteiger partial charge in [-0.15, -0.1) is 0 Å². The summed E-state index contributed by atoms with van der Waals surface area (Å²) in [6.45, 7) is 1.56. The Labute approximate surface area is 85.8 Å². The zero-order chi connectivity index (χ0) is 11.4. The molecule has 78 valence electrons. The summed E-state index contributed by atoms with van der Waals surface area (Å²) in [5.74, 6) is -0.0568. The van der Waals surface area contributed by atoms with Crippen LogP contribution in [0.2, 0.25) is 0 Å². The van der Waals surface area contributed by atoms with Crippen LogP contribution >= 0.6 is 0 Å². The van der Waals surface area contributed by atoms with Crippen LogP contribution in [-0.2, 0) is 4.79 Å². The lowest BCUT2D eigenvalue weighted by Gasteiger charge is -2.02. The molecule has 0 saturated heterocycles. The number of hydrogen-bond donors (Lipinski definition) is 1. The predicted molar refractivity (Wildman–Crippen MR) is 54.6 cm³/mol. The summed E-state index contributed by atoms with van der Waals surface area (Å²) < 4.78 is 0. The number of phenolic OH excluding ortho intramolecular Hbond substituents is 1. The first-order valence-corrected chi connectivity index (χ1v) is 4.16. The second-order valence-corrected chi connectivity index (χ2v) is 2.95. The summed E-state index contributed by atoms with van der Waals surface area (Å²) >= 11 is 0. The highest BCUT2D eigenvalue weighted by Crippen LogP contribution is 2.28. The van der Waals surface area contributed by atoms with Crippen LogP contribution in [0.1, 0.15) is 11.1 Å². The zero-order valence-electron chi connectivity index (χ0n) is 8.01. The molecule has 0 heterocycles. The van der Waals surface area contributed by atoms with E-state index in [0.29, 0.717) is 11.8 Å². The molecule has 1 aromatic carbocycles. The van der Waals surface area contributed by atoms with Crippen molar-refractivity contribution in [1.29, 1.82) is 0 Å². The number of aromatic hydroxyl groups is 1. The lowest BCUT2D eigenvalue weighted by molar-refractivity contribution is -0.384. The smallest absolute Gasteiger partial charge is 0.270 e. The van der Waals surface area contributed by atoms with E-state index in [0.717, 1.165) is 6.08 Å². The normalized spacial score (nSPS) is 10.5. The van der Waals surface area contributed by atoms with E-state index in [2.05, 4.69) is 0 Å². The summed E-state index contributed by atoms with van der Waals surface area (Å²) in [5.41, 5.74) is 0.541. The van der Waals surface area contributed by atoms with Gasteiger partial charge in [0, 0.05) is 17.7 Å². The highest BCUT2D eigenvalue weighted by Gasteiger charge is 2.11. The fourth-order valence-electron chi connectivity index (χ4n) is 1.16. The second-order valence-electron chi connectivity index (χ2n) is 2.95. The number of phenols is 1. The van der Waals surface area contributed by atoms with E-state index in [1.807, 2.05) is 0 Å². The number of allylic oxidation sites excluding steroid dienone is 1. The quantitative estimate of drug-likeness (QED) is 0.355. The van der Waals surface area contributed by atoms with Gasteiger partial charge in [0.15, 0.2) is 0 Å². The third kappa shape index (κ3) is 2.40. The maximum absolute atomic E-state index is 10.5. The lowest BCUT2D eigenvalue weighted by Crippen LogP contribution is -1.90. The van der Waals surface area contributed by atoms with Crippen molar-refractivity contribution in [2.45, 2.75) is 6.92 Å². The fraction of sp³-hybridized carbons (Fsp3) is 0.100. The molecule has 1 N–H and O–H groups in total. The van der Waals surface area contributed by atoms with Gasteiger partial charge in [-0.05, 0) is 24.6 Å². The van der Waals surface area contributed by atoms with Gasteiger partial charge in [-0.2, -0.15) is 0 Å². The number of carbonyl (C=O) groups is 1. The van der Waals surface area contributed by atoms with Crippen LogP contribution < -0.4 is 0 Å². The average Bonchev–Trinajstić information content (AvgIpc) is 2.19. The number of nitrogens with zero attached hydrogens (tertiary/aromatic N) is 1. The molecule has 0 fully saturated rings. The Balaban J connectivity index is 3.30. The van der Waals surface area contributed by atoms with E-state index in [-0.39, 0.29) is 17.0 Å². The predicted octanol–water partition coefficient (Wildman–Crippen LogP) is 1.82. The van der Waals surface area contributed by atoms with Crippen LogP contribution in [0.4, 0.5) is 5.69 Å². The number of non-ortho nitro benzene ring substituents is 1. The molecule has 0 aliphatic rings. The molecule has 0 aliphatic carbocycles. The van der Waals surface area contributed by atoms with E-state index in [1.54, 1.807) is 6.92 Å². The molecule has 0 radical (unpaired) electrons. The Morgan fingerprint density at radius 1 is 1.47 bits per heavy atom. The Morgan fingerprint density at radius 3 is 2.67 bits per heavy atom. The summed E-state index contributed by atoms with van der Waals surface area (Å²) in [6.07, 6.45) is 3.02. The van der Waals surface area contributed by atoms with Gasteiger partial charge in [-0.25, -0.2) is 0 Å². The number of hydrogen-bond acceptors (Lipinski definition) is 4. The molecule has 5 heteroatoms. The molecular weight excluding hydrogens is 198 g/mol. The Bertz CT molecular complexity index is 437. The topological polar surface area (TPSA) is 80.4 Å². The Morgan fingerprint density at radius 2 is 2.13 bits per heavy atom. The number of aldehydes is 1. The van der Waals surface area contributed by atoms with Crippen LogP contribution in [0.25, 0.3) is 6.08 Å². The highest BCUT2D eigenvalue weighted by molar-refractivity contribution is 5.76. The van der Waals surface area contributed by atoms with E-state index < -0.39 is 4.92 Å². The molecule has 0 amide bonds. The molecule has 0 bridgehead atoms. The van der Waals surface area contributed by atoms with Gasteiger partial charge < -0.3 is 5.11 Å². The third-order valence-corrected chi connectivity index (χ3v) is 1.88. The molecule has 0 unspecified atom stereocenters. The molecule has 0 aromatic heterocycles. The molecule has 5 nitrogen and oxygen atoms in total. The number of benzene rings is 1. The second kappa shape index (κ2) is 4.36. The van der Waals surface area contributed by atoms with Crippen molar-refractivity contribution in [2.24, 2.45) is 0 Å². The minimum Gasteiger partial charge on any atom is -0.507 e. The van der Waals surface area contributed by atoms with Crippen molar-refractivity contribution >= 4 is 18.0 Å². The largest absolute Gasteiger partial charge is 0.507 e. The monoisotopic (exact) mass is 207 g/mol. The minimum absolute atomic E-state index is 0.0568. The number of rotatable bonds is 3. The van der Waals surface area contributed by atoms with E-state index >= 15 is 0 Å². The maximum Gasteiger partial charge on any atom is 0.270 e. The van der Waals surface area contributed by atoms with E-state index in [4.69, 9.17) is 0 Å². The van der Waals surface area contributed by atoms with Crippen molar-refractivity contribution in [3.05, 3.63) is 39.4 Å². The minimum atomic E-state index is -0.551. The molecule has 1 rings (SSSR count). The number of carbonyl (C=O) groups excluding carboxylic acids is 1. The van der Waals surface area contributed by atoms with Crippen molar-refractivity contribution in [3.63, 3.8) is 0 Å². The van der Waals surface area contributed by atoms with Gasteiger partial charge in [-0.3, -0.25) is 14.9 Å². The highest BCUT2D eigenvalue weighted by atomic mass is 16.6. The lowest BCUT2D eigenvalue weighted by atomic mass is 10.1. The van der Waals surface area contributed by atoms with Crippen LogP contribution in [0.15, 0.2) is 18.2 Å². The van der Waals surface area contributed by atoms with E-state index in [9.17, 15) is 20.0 Å². The standard InChI is InChI=1S/C10H9NO4/c1-7-5-9(11(14)15)6-8(10(7)13)3-2-4-12/h2-6,13H,1H3/b3-2+. The van der Waals surface area contributed by atoms with Crippen molar-refractivity contribution in [2.75, 3.05) is 0 Å². The number of nitro groups is 1. The third-order valence-electron chi connectivity index (χ3n) is 1.88. The van der Waals surface area contributed by atoms with Gasteiger partial charge in [0.05, 0.1) is 4.92 Å². The maximum atomic E-state index is 10.5. The van der Waals surface area contributed by atoms with Crippen molar-refractivity contribution in [1.82, 2.24) is 0 Å². The SMILES string of the molecule is Cc1cc([N+](=O)[O-])cc(/C=C/C=O)c1O. The van der Waals surface area contributed by atoms with Crippen LogP contribution in [0.3, 0.4) is 0 Å². The molecule has 0 aliphatic heterocycles. The molecular formula is C10H9NO4. The van der Waals surface area contributed by atoms with Gasteiger partial charge >= 0.3 is 0 Å². The summed E-state index contributed by atoms with van der Waals surface area (Å²) in [5, 5.41) is 20.1. The van der Waals surface area contributed by atoms with Crippen molar-refractivity contribution < 1.29 is 14.8 Å². The molecule has 0 saturated carbocycles. The van der Waals surface area contributed by atoms with Crippen LogP contribution in [0.5, 0.6) is 5.75 Å². The van der Waals surface area contributed by atoms with Gasteiger partial charge in [0.2, 0.25) is 0 Å². The Hall–Kier alpha value is -2.17. The first-order chi connectivity index (χ1) is 7.06. The van der Waals surface area contributed by atoms with E-state index in [1.165, 1.54) is 18.2 Å². The van der Waals surface area contributed by atoms with Crippen LogP contribution in [0, 0.1) is 17.0 Å². The molecule has 0 spiro atoms.